The van der Waals surface area contributed by atoms with Crippen LogP contribution in [0.15, 0.2) is 4.99 Å². The number of nitrogens with zero attached hydrogens (tertiary/aromatic N) is 1. The van der Waals surface area contributed by atoms with Crippen LogP contribution in [0, 0.1) is 0 Å². The highest BCUT2D eigenvalue weighted by molar-refractivity contribution is 6.19. The molecule has 3 nitrogen and oxygen atoms in total. The molecule has 1 amide bonds. The number of alkyl halides is 1. The van der Waals surface area contributed by atoms with E-state index in [9.17, 15) is 4.79 Å². The van der Waals surface area contributed by atoms with E-state index in [0.29, 0.717) is 12.3 Å². The van der Waals surface area contributed by atoms with Gasteiger partial charge in [0.15, 0.2) is 0 Å². The number of nitrogens with one attached hydrogen (secondary N) is 1. The summed E-state index contributed by atoms with van der Waals surface area (Å²) >= 11 is 5.40. The van der Waals surface area contributed by atoms with Crippen molar-refractivity contribution in [2.24, 2.45) is 4.99 Å². The number of hydrogen-bond acceptors (Lipinski definition) is 2. The van der Waals surface area contributed by atoms with E-state index >= 15 is 0 Å². The zero-order valence-corrected chi connectivity index (χ0v) is 5.61. The fourth-order valence-corrected chi connectivity index (χ4v) is 0.817. The maximum atomic E-state index is 10.5. The number of aliphatic imine (C=N–C) groups is 1. The van der Waals surface area contributed by atoms with Gasteiger partial charge in [0, 0.05) is 12.3 Å². The van der Waals surface area contributed by atoms with Crippen molar-refractivity contribution in [3.05, 3.63) is 0 Å². The van der Waals surface area contributed by atoms with Crippen LogP contribution in [0.25, 0.3) is 0 Å². The molecule has 1 aliphatic rings. The van der Waals surface area contributed by atoms with Crippen LogP contribution < -0.4 is 5.32 Å². The van der Waals surface area contributed by atoms with Gasteiger partial charge in [-0.25, -0.2) is 0 Å². The molecule has 0 aromatic heterocycles. The van der Waals surface area contributed by atoms with Crippen molar-refractivity contribution in [3.8, 4) is 0 Å². The van der Waals surface area contributed by atoms with Gasteiger partial charge in [-0.05, 0) is 0 Å². The lowest BCUT2D eigenvalue weighted by atomic mass is 10.4. The molecule has 0 saturated heterocycles. The molecule has 0 bridgehead atoms. The molecule has 0 aromatic rings. The van der Waals surface area contributed by atoms with E-state index in [1.807, 2.05) is 0 Å². The molecule has 0 fully saturated rings. The fourth-order valence-electron chi connectivity index (χ4n) is 0.638. The normalized spacial score (nSPS) is 17.4. The molecule has 1 aliphatic heterocycles. The third-order valence-electron chi connectivity index (χ3n) is 1.03. The number of rotatable bonds is 2. The smallest absolute Gasteiger partial charge is 0.246 e. The average molecular weight is 147 g/mol. The van der Waals surface area contributed by atoms with Crippen LogP contribution in [-0.4, -0.2) is 24.2 Å². The first kappa shape index (κ1) is 6.55. The van der Waals surface area contributed by atoms with Gasteiger partial charge in [0.05, 0.1) is 0 Å². The zero-order chi connectivity index (χ0) is 6.69. The Kier molecular flexibility index (Phi) is 2.05. The van der Waals surface area contributed by atoms with E-state index in [0.717, 1.165) is 5.84 Å². The van der Waals surface area contributed by atoms with Gasteiger partial charge >= 0.3 is 0 Å². The second kappa shape index (κ2) is 2.82. The summed E-state index contributed by atoms with van der Waals surface area (Å²) in [6.07, 6.45) is 0.660. The van der Waals surface area contributed by atoms with E-state index in [1.54, 1.807) is 0 Å². The maximum absolute atomic E-state index is 10.5. The number of hydrogen-bond donors (Lipinski definition) is 1. The molecule has 4 heteroatoms. The van der Waals surface area contributed by atoms with Crippen molar-refractivity contribution in [1.29, 1.82) is 0 Å². The summed E-state index contributed by atoms with van der Waals surface area (Å²) in [6, 6.07) is 0. The number of carbonyl (C=O) groups is 1. The minimum Gasteiger partial charge on any atom is -0.313 e. The van der Waals surface area contributed by atoms with Crippen molar-refractivity contribution >= 4 is 23.3 Å². The summed E-state index contributed by atoms with van der Waals surface area (Å²) in [5.41, 5.74) is 0. The fraction of sp³-hybridized carbons (Fsp3) is 0.600. The lowest BCUT2D eigenvalue weighted by Crippen LogP contribution is -2.24. The Morgan fingerprint density at radius 2 is 2.56 bits per heavy atom. The summed E-state index contributed by atoms with van der Waals surface area (Å²) < 4.78 is 0. The van der Waals surface area contributed by atoms with E-state index in [2.05, 4.69) is 10.3 Å². The van der Waals surface area contributed by atoms with E-state index in [1.165, 1.54) is 0 Å². The highest BCUT2D eigenvalue weighted by atomic mass is 35.5. The van der Waals surface area contributed by atoms with Gasteiger partial charge in [-0.15, -0.1) is 11.6 Å². The Bertz CT molecular complexity index is 155. The molecular formula is C5H7ClN2O. The molecule has 1 rings (SSSR count). The van der Waals surface area contributed by atoms with Crippen LogP contribution >= 0.6 is 11.6 Å². The molecule has 9 heavy (non-hydrogen) atoms. The number of carbonyl (C=O) groups excluding carboxylic acids is 1. The molecule has 0 radical (unpaired) electrons. The monoisotopic (exact) mass is 146 g/mol. The maximum Gasteiger partial charge on any atom is 0.246 e. The van der Waals surface area contributed by atoms with E-state index < -0.39 is 0 Å². The van der Waals surface area contributed by atoms with Gasteiger partial charge < -0.3 is 5.32 Å². The van der Waals surface area contributed by atoms with Crippen molar-refractivity contribution in [2.45, 2.75) is 6.42 Å². The third-order valence-corrected chi connectivity index (χ3v) is 1.22. The van der Waals surface area contributed by atoms with Crippen molar-refractivity contribution in [1.82, 2.24) is 5.32 Å². The first-order valence-corrected chi connectivity index (χ1v) is 3.25. The summed E-state index contributed by atoms with van der Waals surface area (Å²) in [7, 11) is 0. The molecule has 0 atom stereocenters. The standard InChI is InChI=1S/C5H7ClN2O/c6-2-1-4-7-3-5(9)8-4/h1-3H2,(H,7,8,9). The summed E-state index contributed by atoms with van der Waals surface area (Å²) in [6.45, 7) is 0.270. The van der Waals surface area contributed by atoms with E-state index in [-0.39, 0.29) is 12.5 Å². The van der Waals surface area contributed by atoms with Gasteiger partial charge in [0.2, 0.25) is 5.91 Å². The molecule has 0 aliphatic carbocycles. The Morgan fingerprint density at radius 3 is 3.00 bits per heavy atom. The minimum atomic E-state index is -0.0323. The van der Waals surface area contributed by atoms with Gasteiger partial charge in [0.25, 0.3) is 0 Å². The number of amidine groups is 1. The van der Waals surface area contributed by atoms with Crippen LogP contribution in [-0.2, 0) is 4.79 Å². The van der Waals surface area contributed by atoms with Crippen LogP contribution in [0.4, 0.5) is 0 Å². The third kappa shape index (κ3) is 1.68. The Hall–Kier alpha value is -0.570. The van der Waals surface area contributed by atoms with Crippen molar-refractivity contribution in [3.63, 3.8) is 0 Å². The quantitative estimate of drug-likeness (QED) is 0.554. The lowest BCUT2D eigenvalue weighted by Gasteiger charge is -1.93. The summed E-state index contributed by atoms with van der Waals surface area (Å²) in [5, 5.41) is 2.58. The average Bonchev–Trinajstić information content (AvgIpc) is 2.17. The van der Waals surface area contributed by atoms with Crippen LogP contribution in [0.2, 0.25) is 0 Å². The molecule has 0 aromatic carbocycles. The van der Waals surface area contributed by atoms with Gasteiger partial charge in [-0.2, -0.15) is 0 Å². The topological polar surface area (TPSA) is 41.5 Å². The number of halogens is 1. The van der Waals surface area contributed by atoms with Gasteiger partial charge in [-0.3, -0.25) is 9.79 Å². The molecular weight excluding hydrogens is 140 g/mol. The minimum absolute atomic E-state index is 0.0323. The highest BCUT2D eigenvalue weighted by Crippen LogP contribution is 1.93. The highest BCUT2D eigenvalue weighted by Gasteiger charge is 2.10. The molecule has 0 unspecified atom stereocenters. The van der Waals surface area contributed by atoms with Crippen molar-refractivity contribution in [2.75, 3.05) is 12.4 Å². The number of amides is 1. The SMILES string of the molecule is O=C1CN=C(CCCl)N1. The Balaban J connectivity index is 2.36. The second-order valence-electron chi connectivity index (χ2n) is 1.75. The summed E-state index contributed by atoms with van der Waals surface area (Å²) in [4.78, 5) is 14.3. The largest absolute Gasteiger partial charge is 0.313 e. The van der Waals surface area contributed by atoms with E-state index in [4.69, 9.17) is 11.6 Å². The van der Waals surface area contributed by atoms with Gasteiger partial charge in [0.1, 0.15) is 12.4 Å². The lowest BCUT2D eigenvalue weighted by molar-refractivity contribution is -0.117. The Morgan fingerprint density at radius 1 is 1.78 bits per heavy atom. The Labute approximate surface area is 58.1 Å². The van der Waals surface area contributed by atoms with Crippen LogP contribution in [0.1, 0.15) is 6.42 Å². The van der Waals surface area contributed by atoms with Crippen LogP contribution in [0.3, 0.4) is 0 Å². The van der Waals surface area contributed by atoms with Crippen LogP contribution in [0.5, 0.6) is 0 Å². The molecule has 0 saturated carbocycles. The predicted molar refractivity (Wildman–Crippen MR) is 35.8 cm³/mol. The molecule has 1 heterocycles. The first-order valence-electron chi connectivity index (χ1n) is 2.72. The molecule has 1 N–H and O–H groups in total. The second-order valence-corrected chi connectivity index (χ2v) is 2.13. The first-order chi connectivity index (χ1) is 4.33. The molecule has 50 valence electrons. The van der Waals surface area contributed by atoms with Gasteiger partial charge in [-0.1, -0.05) is 0 Å². The molecule has 0 spiro atoms. The predicted octanol–water partition coefficient (Wildman–Crippen LogP) is 0.144. The zero-order valence-electron chi connectivity index (χ0n) is 4.85. The summed E-state index contributed by atoms with van der Waals surface area (Å²) in [5.74, 6) is 1.20. The van der Waals surface area contributed by atoms with Crippen molar-refractivity contribution < 1.29 is 4.79 Å².